The Bertz CT molecular complexity index is 242. The van der Waals surface area contributed by atoms with Crippen molar-refractivity contribution in [2.45, 2.75) is 89.8 Å². The minimum Gasteiger partial charge on any atom is -0.367 e. The second kappa shape index (κ2) is 9.51. The summed E-state index contributed by atoms with van der Waals surface area (Å²) in [6, 6.07) is 0. The molecule has 1 heterocycles. The summed E-state index contributed by atoms with van der Waals surface area (Å²) in [7, 11) is 0. The minimum atomic E-state index is -0.765. The Morgan fingerprint density at radius 1 is 1.00 bits per heavy atom. The largest absolute Gasteiger partial charge is 0.367 e. The second-order valence-electron chi connectivity index (χ2n) is 5.40. The molecule has 1 aliphatic rings. The number of aliphatic hydroxyl groups excluding tert-OH is 1. The average molecular weight is 270 g/mol. The molecule has 0 aliphatic carbocycles. The normalized spacial score (nSPS) is 31.3. The van der Waals surface area contributed by atoms with E-state index in [9.17, 15) is 5.11 Å². The van der Waals surface area contributed by atoms with Crippen molar-refractivity contribution in [3.63, 3.8) is 0 Å². The lowest BCUT2D eigenvalue weighted by Gasteiger charge is -2.39. The van der Waals surface area contributed by atoms with Gasteiger partial charge in [-0.3, -0.25) is 0 Å². The van der Waals surface area contributed by atoms with E-state index in [0.29, 0.717) is 0 Å². The van der Waals surface area contributed by atoms with Crippen LogP contribution in [-0.2, 0) is 9.47 Å². The van der Waals surface area contributed by atoms with Crippen molar-refractivity contribution < 1.29 is 14.6 Å². The van der Waals surface area contributed by atoms with Crippen LogP contribution in [-0.4, -0.2) is 29.7 Å². The zero-order valence-electron chi connectivity index (χ0n) is 12.5. The average Bonchev–Trinajstić information content (AvgIpc) is 2.42. The monoisotopic (exact) mass is 270 g/mol. The fourth-order valence-electron chi connectivity index (χ4n) is 2.61. The number of allylic oxidation sites excluding steroid dienone is 1. The Labute approximate surface area is 118 Å². The zero-order chi connectivity index (χ0) is 14.1. The van der Waals surface area contributed by atoms with E-state index in [-0.39, 0.29) is 18.3 Å². The standard InChI is InChI=1S/C16H30O3/c1-4-7-9-10-12-15-16(17)19-14(11-8-5-2)13(6-3)18-15/h5,13-17H,2,4,6-12H2,1,3H3/t13-,14-,15+,16?/m1/s1. The molecular formula is C16H30O3. The third kappa shape index (κ3) is 5.64. The van der Waals surface area contributed by atoms with Crippen LogP contribution in [0.4, 0.5) is 0 Å². The van der Waals surface area contributed by atoms with Gasteiger partial charge in [-0.05, 0) is 25.7 Å². The lowest BCUT2D eigenvalue weighted by Crippen LogP contribution is -2.49. The van der Waals surface area contributed by atoms with Gasteiger partial charge >= 0.3 is 0 Å². The molecule has 1 rings (SSSR count). The highest BCUT2D eigenvalue weighted by atomic mass is 16.7. The van der Waals surface area contributed by atoms with E-state index in [1.807, 2.05) is 6.08 Å². The van der Waals surface area contributed by atoms with Gasteiger partial charge in [-0.1, -0.05) is 45.6 Å². The van der Waals surface area contributed by atoms with Gasteiger partial charge in [0.1, 0.15) is 6.10 Å². The smallest absolute Gasteiger partial charge is 0.181 e. The summed E-state index contributed by atoms with van der Waals surface area (Å²) < 4.78 is 11.8. The minimum absolute atomic E-state index is 0.00453. The van der Waals surface area contributed by atoms with E-state index in [4.69, 9.17) is 9.47 Å². The molecule has 0 aromatic rings. The molecule has 0 saturated carbocycles. The van der Waals surface area contributed by atoms with Gasteiger partial charge in [0.25, 0.3) is 0 Å². The van der Waals surface area contributed by atoms with E-state index in [0.717, 1.165) is 32.1 Å². The molecule has 19 heavy (non-hydrogen) atoms. The molecule has 0 spiro atoms. The third-order valence-electron chi connectivity index (χ3n) is 3.80. The van der Waals surface area contributed by atoms with Gasteiger partial charge < -0.3 is 14.6 Å². The number of ether oxygens (including phenoxy) is 2. The van der Waals surface area contributed by atoms with E-state index in [1.165, 1.54) is 19.3 Å². The SMILES string of the molecule is C=CCC[C@H]1OC(O)[C@H](CCCCCC)O[C@@H]1CC. The molecule has 0 aromatic carbocycles. The molecule has 0 aromatic heterocycles. The number of rotatable bonds is 9. The van der Waals surface area contributed by atoms with Crippen molar-refractivity contribution in [2.75, 3.05) is 0 Å². The summed E-state index contributed by atoms with van der Waals surface area (Å²) in [5.74, 6) is 0. The summed E-state index contributed by atoms with van der Waals surface area (Å²) in [5, 5.41) is 10.0. The molecule has 3 heteroatoms. The van der Waals surface area contributed by atoms with Gasteiger partial charge in [-0.15, -0.1) is 6.58 Å². The highest BCUT2D eigenvalue weighted by molar-refractivity contribution is 4.81. The van der Waals surface area contributed by atoms with Crippen LogP contribution in [0.1, 0.15) is 65.2 Å². The molecule has 1 saturated heterocycles. The molecule has 112 valence electrons. The summed E-state index contributed by atoms with van der Waals surface area (Å²) in [4.78, 5) is 0. The van der Waals surface area contributed by atoms with Crippen LogP contribution in [0.25, 0.3) is 0 Å². The Balaban J connectivity index is 2.38. The fourth-order valence-corrected chi connectivity index (χ4v) is 2.61. The Morgan fingerprint density at radius 3 is 2.42 bits per heavy atom. The fraction of sp³-hybridized carbons (Fsp3) is 0.875. The maximum atomic E-state index is 10.0. The van der Waals surface area contributed by atoms with E-state index < -0.39 is 6.29 Å². The summed E-state index contributed by atoms with van der Waals surface area (Å²) in [6.45, 7) is 8.04. The van der Waals surface area contributed by atoms with Crippen molar-refractivity contribution in [1.82, 2.24) is 0 Å². The summed E-state index contributed by atoms with van der Waals surface area (Å²) in [6.07, 6.45) is 9.48. The lowest BCUT2D eigenvalue weighted by molar-refractivity contribution is -0.287. The molecule has 0 amide bonds. The van der Waals surface area contributed by atoms with Gasteiger partial charge in [0.2, 0.25) is 0 Å². The first-order valence-corrected chi connectivity index (χ1v) is 7.82. The van der Waals surface area contributed by atoms with Crippen LogP contribution in [0.15, 0.2) is 12.7 Å². The Morgan fingerprint density at radius 2 is 1.79 bits per heavy atom. The quantitative estimate of drug-likeness (QED) is 0.511. The summed E-state index contributed by atoms with van der Waals surface area (Å²) >= 11 is 0. The third-order valence-corrected chi connectivity index (χ3v) is 3.80. The Kier molecular flexibility index (Phi) is 8.35. The van der Waals surface area contributed by atoms with Crippen molar-refractivity contribution in [3.05, 3.63) is 12.7 Å². The number of hydrogen-bond acceptors (Lipinski definition) is 3. The molecule has 1 aliphatic heterocycles. The van der Waals surface area contributed by atoms with Gasteiger partial charge in [0.15, 0.2) is 6.29 Å². The molecule has 1 N–H and O–H groups in total. The molecule has 0 bridgehead atoms. The predicted molar refractivity (Wildman–Crippen MR) is 78.0 cm³/mol. The van der Waals surface area contributed by atoms with Gasteiger partial charge in [-0.25, -0.2) is 0 Å². The van der Waals surface area contributed by atoms with Crippen molar-refractivity contribution >= 4 is 0 Å². The summed E-state index contributed by atoms with van der Waals surface area (Å²) in [5.41, 5.74) is 0. The molecule has 3 nitrogen and oxygen atoms in total. The van der Waals surface area contributed by atoms with Gasteiger partial charge in [0, 0.05) is 0 Å². The number of hydrogen-bond donors (Lipinski definition) is 1. The number of aliphatic hydroxyl groups is 1. The van der Waals surface area contributed by atoms with E-state index >= 15 is 0 Å². The van der Waals surface area contributed by atoms with Crippen molar-refractivity contribution in [3.8, 4) is 0 Å². The van der Waals surface area contributed by atoms with Crippen LogP contribution in [0, 0.1) is 0 Å². The number of unbranched alkanes of at least 4 members (excludes halogenated alkanes) is 3. The molecular weight excluding hydrogens is 240 g/mol. The first kappa shape index (κ1) is 16.7. The van der Waals surface area contributed by atoms with Crippen LogP contribution in [0.5, 0.6) is 0 Å². The van der Waals surface area contributed by atoms with E-state index in [2.05, 4.69) is 20.4 Å². The van der Waals surface area contributed by atoms with Crippen LogP contribution in [0.2, 0.25) is 0 Å². The zero-order valence-corrected chi connectivity index (χ0v) is 12.5. The second-order valence-corrected chi connectivity index (χ2v) is 5.40. The van der Waals surface area contributed by atoms with Crippen molar-refractivity contribution in [1.29, 1.82) is 0 Å². The highest BCUT2D eigenvalue weighted by Crippen LogP contribution is 2.27. The first-order chi connectivity index (χ1) is 9.22. The molecule has 1 unspecified atom stereocenters. The van der Waals surface area contributed by atoms with Crippen LogP contribution < -0.4 is 0 Å². The maximum absolute atomic E-state index is 10.0. The molecule has 1 fully saturated rings. The predicted octanol–water partition coefficient (Wildman–Crippen LogP) is 3.80. The maximum Gasteiger partial charge on any atom is 0.181 e. The molecule has 4 atom stereocenters. The highest BCUT2D eigenvalue weighted by Gasteiger charge is 2.36. The molecule has 0 radical (unpaired) electrons. The van der Waals surface area contributed by atoms with Crippen LogP contribution >= 0.6 is 0 Å². The van der Waals surface area contributed by atoms with E-state index in [1.54, 1.807) is 0 Å². The Hall–Kier alpha value is -0.380. The first-order valence-electron chi connectivity index (χ1n) is 7.82. The lowest BCUT2D eigenvalue weighted by atomic mass is 10.0. The van der Waals surface area contributed by atoms with Crippen LogP contribution in [0.3, 0.4) is 0 Å². The van der Waals surface area contributed by atoms with Crippen molar-refractivity contribution in [2.24, 2.45) is 0 Å². The topological polar surface area (TPSA) is 38.7 Å². The van der Waals surface area contributed by atoms with Gasteiger partial charge in [-0.2, -0.15) is 0 Å². The van der Waals surface area contributed by atoms with Gasteiger partial charge in [0.05, 0.1) is 12.2 Å².